The van der Waals surface area contributed by atoms with Crippen molar-refractivity contribution in [3.05, 3.63) is 0 Å². The van der Waals surface area contributed by atoms with E-state index in [2.05, 4.69) is 6.92 Å². The van der Waals surface area contributed by atoms with Crippen LogP contribution in [0.15, 0.2) is 0 Å². The first kappa shape index (κ1) is 12.4. The second-order valence-electron chi connectivity index (χ2n) is 8.30. The molecule has 4 saturated carbocycles. The van der Waals surface area contributed by atoms with E-state index in [0.29, 0.717) is 11.2 Å². The summed E-state index contributed by atoms with van der Waals surface area (Å²) in [5.74, 6) is 5.29. The number of carbonyl (C=O) groups excluding carboxylic acids is 1. The highest BCUT2D eigenvalue weighted by atomic mass is 16.1. The number of rotatable bonds is 0. The number of hydrogen-bond donors (Lipinski definition) is 0. The molecule has 106 valence electrons. The van der Waals surface area contributed by atoms with Crippen molar-refractivity contribution in [2.75, 3.05) is 0 Å². The molecular formula is C18H28O. The molecule has 0 aromatic heterocycles. The first-order valence-electron chi connectivity index (χ1n) is 8.69. The summed E-state index contributed by atoms with van der Waals surface area (Å²) in [6, 6.07) is 0. The fourth-order valence-corrected chi connectivity index (χ4v) is 6.65. The fourth-order valence-electron chi connectivity index (χ4n) is 6.65. The number of hydrogen-bond acceptors (Lipinski definition) is 1. The van der Waals surface area contributed by atoms with E-state index >= 15 is 0 Å². The van der Waals surface area contributed by atoms with Crippen LogP contribution in [0.3, 0.4) is 0 Å². The summed E-state index contributed by atoms with van der Waals surface area (Å²) in [5, 5.41) is 0. The Hall–Kier alpha value is -0.330. The van der Waals surface area contributed by atoms with Gasteiger partial charge < -0.3 is 0 Å². The van der Waals surface area contributed by atoms with Gasteiger partial charge in [-0.25, -0.2) is 0 Å². The molecule has 0 aromatic carbocycles. The molecule has 19 heavy (non-hydrogen) atoms. The van der Waals surface area contributed by atoms with Crippen molar-refractivity contribution >= 4 is 5.78 Å². The number of carbonyl (C=O) groups is 1. The molecule has 4 aliphatic carbocycles. The van der Waals surface area contributed by atoms with Gasteiger partial charge in [0.25, 0.3) is 0 Å². The number of fused-ring (bicyclic) bond motifs is 5. The lowest BCUT2D eigenvalue weighted by atomic mass is 9.51. The summed E-state index contributed by atoms with van der Waals surface area (Å²) >= 11 is 0. The standard InChI is InChI=1S/C18H28O/c1-18-9-2-3-17(18)16-6-4-12-11-13(19)5-7-14(12)15(16)8-10-18/h12,14-17H,2-11H2,1H3/t12-,14+,15-,16+,17+,18+/m0/s1. The maximum Gasteiger partial charge on any atom is 0.133 e. The molecule has 4 fully saturated rings. The molecule has 4 aliphatic rings. The van der Waals surface area contributed by atoms with Gasteiger partial charge in [0.1, 0.15) is 5.78 Å². The summed E-state index contributed by atoms with van der Waals surface area (Å²) < 4.78 is 0. The van der Waals surface area contributed by atoms with Crippen LogP contribution in [-0.4, -0.2) is 5.78 Å². The minimum Gasteiger partial charge on any atom is -0.300 e. The average Bonchev–Trinajstić information content (AvgIpc) is 2.79. The first-order chi connectivity index (χ1) is 9.17. The van der Waals surface area contributed by atoms with E-state index in [4.69, 9.17) is 0 Å². The summed E-state index contributed by atoms with van der Waals surface area (Å²) in [6.07, 6.45) is 13.3. The van der Waals surface area contributed by atoms with Crippen LogP contribution in [0.5, 0.6) is 0 Å². The zero-order valence-corrected chi connectivity index (χ0v) is 12.4. The highest BCUT2D eigenvalue weighted by molar-refractivity contribution is 5.79. The Labute approximate surface area is 117 Å². The molecule has 1 nitrogen and oxygen atoms in total. The Kier molecular flexibility index (Phi) is 2.83. The molecule has 0 aliphatic heterocycles. The molecule has 0 aromatic rings. The quantitative estimate of drug-likeness (QED) is 0.622. The van der Waals surface area contributed by atoms with Crippen LogP contribution in [0.25, 0.3) is 0 Å². The van der Waals surface area contributed by atoms with Gasteiger partial charge in [-0.1, -0.05) is 13.3 Å². The van der Waals surface area contributed by atoms with Gasteiger partial charge in [0.15, 0.2) is 0 Å². The highest BCUT2D eigenvalue weighted by Crippen LogP contribution is 2.62. The van der Waals surface area contributed by atoms with Crippen molar-refractivity contribution < 1.29 is 4.79 Å². The fraction of sp³-hybridized carbons (Fsp3) is 0.944. The maximum atomic E-state index is 11.7. The topological polar surface area (TPSA) is 17.1 Å². The Bertz CT molecular complexity index is 387. The normalized spacial score (nSPS) is 53.3. The van der Waals surface area contributed by atoms with Crippen LogP contribution >= 0.6 is 0 Å². The van der Waals surface area contributed by atoms with E-state index in [9.17, 15) is 4.79 Å². The minimum atomic E-state index is 0.557. The summed E-state index contributed by atoms with van der Waals surface area (Å²) in [7, 11) is 0. The monoisotopic (exact) mass is 260 g/mol. The van der Waals surface area contributed by atoms with Crippen LogP contribution in [0.1, 0.15) is 71.1 Å². The number of Topliss-reactive ketones (excluding diaryl/α,β-unsaturated/α-hetero) is 1. The second-order valence-corrected chi connectivity index (χ2v) is 8.30. The minimum absolute atomic E-state index is 0.557. The third-order valence-electron chi connectivity index (χ3n) is 7.55. The van der Waals surface area contributed by atoms with Crippen LogP contribution in [0.2, 0.25) is 0 Å². The van der Waals surface area contributed by atoms with E-state index in [1.165, 1.54) is 51.4 Å². The lowest BCUT2D eigenvalue weighted by Crippen LogP contribution is -2.47. The molecule has 0 spiro atoms. The van der Waals surface area contributed by atoms with Gasteiger partial charge in [-0.15, -0.1) is 0 Å². The van der Waals surface area contributed by atoms with Crippen LogP contribution in [0, 0.1) is 35.0 Å². The van der Waals surface area contributed by atoms with Crippen molar-refractivity contribution in [1.82, 2.24) is 0 Å². The maximum absolute atomic E-state index is 11.7. The largest absolute Gasteiger partial charge is 0.300 e. The predicted octanol–water partition coefficient (Wildman–Crippen LogP) is 4.60. The van der Waals surface area contributed by atoms with Gasteiger partial charge in [-0.2, -0.15) is 0 Å². The summed E-state index contributed by atoms with van der Waals surface area (Å²) in [4.78, 5) is 11.7. The molecule has 0 N–H and O–H groups in total. The van der Waals surface area contributed by atoms with Gasteiger partial charge in [0.05, 0.1) is 0 Å². The Morgan fingerprint density at radius 1 is 0.947 bits per heavy atom. The van der Waals surface area contributed by atoms with Crippen molar-refractivity contribution in [3.63, 3.8) is 0 Å². The van der Waals surface area contributed by atoms with Crippen molar-refractivity contribution in [2.24, 2.45) is 35.0 Å². The molecule has 1 heteroatoms. The molecule has 4 rings (SSSR count). The first-order valence-corrected chi connectivity index (χ1v) is 8.69. The van der Waals surface area contributed by atoms with Crippen molar-refractivity contribution in [1.29, 1.82) is 0 Å². The third-order valence-corrected chi connectivity index (χ3v) is 7.55. The van der Waals surface area contributed by atoms with Crippen LogP contribution < -0.4 is 0 Å². The van der Waals surface area contributed by atoms with Gasteiger partial charge in [0.2, 0.25) is 0 Å². The molecule has 0 radical (unpaired) electrons. The van der Waals surface area contributed by atoms with E-state index in [1.54, 1.807) is 0 Å². The molecule has 0 unspecified atom stereocenters. The van der Waals surface area contributed by atoms with Gasteiger partial charge in [-0.3, -0.25) is 4.79 Å². The molecular weight excluding hydrogens is 232 g/mol. The van der Waals surface area contributed by atoms with Crippen LogP contribution in [-0.2, 0) is 4.79 Å². The zero-order valence-electron chi connectivity index (χ0n) is 12.4. The molecule has 6 atom stereocenters. The molecule has 0 bridgehead atoms. The summed E-state index contributed by atoms with van der Waals surface area (Å²) in [6.45, 7) is 2.58. The Balaban J connectivity index is 1.58. The molecule has 0 heterocycles. The van der Waals surface area contributed by atoms with Crippen molar-refractivity contribution in [2.45, 2.75) is 71.1 Å². The smallest absolute Gasteiger partial charge is 0.133 e. The SMILES string of the molecule is C[C@]12CCC[C@@H]1[C@@H]1CC[C@H]3CC(=O)CC[C@H]3[C@@H]1CC2. The molecule has 0 amide bonds. The lowest BCUT2D eigenvalue weighted by molar-refractivity contribution is -0.127. The number of ketones is 1. The predicted molar refractivity (Wildman–Crippen MR) is 76.7 cm³/mol. The second kappa shape index (κ2) is 4.33. The van der Waals surface area contributed by atoms with E-state index in [-0.39, 0.29) is 0 Å². The highest BCUT2D eigenvalue weighted by Gasteiger charge is 2.53. The average molecular weight is 260 g/mol. The van der Waals surface area contributed by atoms with E-state index < -0.39 is 0 Å². The van der Waals surface area contributed by atoms with Gasteiger partial charge in [-0.05, 0) is 80.0 Å². The zero-order chi connectivity index (χ0) is 13.0. The Morgan fingerprint density at radius 2 is 1.84 bits per heavy atom. The van der Waals surface area contributed by atoms with Crippen molar-refractivity contribution in [3.8, 4) is 0 Å². The summed E-state index contributed by atoms with van der Waals surface area (Å²) in [5.41, 5.74) is 0.693. The van der Waals surface area contributed by atoms with Gasteiger partial charge >= 0.3 is 0 Å². The van der Waals surface area contributed by atoms with E-state index in [1.807, 2.05) is 0 Å². The Morgan fingerprint density at radius 3 is 2.74 bits per heavy atom. The molecule has 0 saturated heterocycles. The lowest BCUT2D eigenvalue weighted by Gasteiger charge is -2.54. The van der Waals surface area contributed by atoms with E-state index in [0.717, 1.165) is 42.4 Å². The van der Waals surface area contributed by atoms with Crippen LogP contribution in [0.4, 0.5) is 0 Å². The van der Waals surface area contributed by atoms with Gasteiger partial charge in [0, 0.05) is 12.8 Å². The third kappa shape index (κ3) is 1.83.